The average molecular weight is 399 g/mol. The normalized spacial score (nSPS) is 11.9. The van der Waals surface area contributed by atoms with E-state index in [1.807, 2.05) is 6.92 Å². The number of carbonyl (C=O) groups excluding carboxylic acids is 2. The van der Waals surface area contributed by atoms with E-state index in [2.05, 4.69) is 0 Å². The van der Waals surface area contributed by atoms with Crippen molar-refractivity contribution in [2.45, 2.75) is 58.3 Å². The third-order valence-electron chi connectivity index (χ3n) is 4.42. The summed E-state index contributed by atoms with van der Waals surface area (Å²) in [6, 6.07) is 6.78. The van der Waals surface area contributed by atoms with Crippen LogP contribution in [0.5, 0.6) is 0 Å². The maximum Gasteiger partial charge on any atom is 0.323 e. The molecule has 1 aromatic carbocycles. The number of esters is 2. The smallest absolute Gasteiger partial charge is 0.323 e. The second-order valence-electron chi connectivity index (χ2n) is 6.72. The highest BCUT2D eigenvalue weighted by atomic mass is 32.2. The molecule has 0 saturated heterocycles. The van der Waals surface area contributed by atoms with Gasteiger partial charge in [-0.1, -0.05) is 30.5 Å². The van der Waals surface area contributed by atoms with Crippen molar-refractivity contribution >= 4 is 21.8 Å². The van der Waals surface area contributed by atoms with Gasteiger partial charge in [0.05, 0.1) is 23.9 Å². The number of rotatable bonds is 11. The van der Waals surface area contributed by atoms with Crippen molar-refractivity contribution in [3.05, 3.63) is 29.8 Å². The maximum atomic E-state index is 12.3. The molecular formula is C20H30O6S. The fourth-order valence-electron chi connectivity index (χ4n) is 2.68. The molecule has 0 radical (unpaired) electrons. The van der Waals surface area contributed by atoms with E-state index in [1.165, 1.54) is 6.92 Å². The van der Waals surface area contributed by atoms with Crippen LogP contribution < -0.4 is 0 Å². The second-order valence-corrected chi connectivity index (χ2v) is 8.82. The van der Waals surface area contributed by atoms with Gasteiger partial charge in [0, 0.05) is 0 Å². The van der Waals surface area contributed by atoms with Crippen molar-refractivity contribution in [1.29, 1.82) is 0 Å². The predicted octanol–water partition coefficient (Wildman–Crippen LogP) is 3.46. The minimum absolute atomic E-state index is 0.0333. The van der Waals surface area contributed by atoms with Crippen LogP contribution in [0.2, 0.25) is 0 Å². The summed E-state index contributed by atoms with van der Waals surface area (Å²) < 4.78 is 34.7. The lowest BCUT2D eigenvalue weighted by Gasteiger charge is -2.24. The van der Waals surface area contributed by atoms with Gasteiger partial charge in [-0.2, -0.15) is 0 Å². The van der Waals surface area contributed by atoms with Gasteiger partial charge >= 0.3 is 11.9 Å². The molecule has 0 heterocycles. The van der Waals surface area contributed by atoms with Gasteiger partial charge < -0.3 is 9.47 Å². The van der Waals surface area contributed by atoms with Crippen molar-refractivity contribution in [3.63, 3.8) is 0 Å². The fraction of sp³-hybridized carbons (Fsp3) is 0.600. The predicted molar refractivity (Wildman–Crippen MR) is 103 cm³/mol. The van der Waals surface area contributed by atoms with E-state index in [9.17, 15) is 18.0 Å². The third kappa shape index (κ3) is 6.65. The van der Waals surface area contributed by atoms with Crippen LogP contribution in [0, 0.1) is 12.3 Å². The number of hydrogen-bond acceptors (Lipinski definition) is 6. The molecule has 27 heavy (non-hydrogen) atoms. The Balaban J connectivity index is 2.59. The molecule has 152 valence electrons. The van der Waals surface area contributed by atoms with Crippen LogP contribution in [0.25, 0.3) is 0 Å². The second kappa shape index (κ2) is 10.4. The summed E-state index contributed by atoms with van der Waals surface area (Å²) in [5, 5.41) is 0. The summed E-state index contributed by atoms with van der Waals surface area (Å²) in [6.07, 6.45) is 1.82. The molecule has 7 heteroatoms. The Hall–Kier alpha value is -1.89. The number of hydrogen-bond donors (Lipinski definition) is 0. The minimum Gasteiger partial charge on any atom is -0.465 e. The first-order valence-electron chi connectivity index (χ1n) is 9.31. The highest BCUT2D eigenvalue weighted by Crippen LogP contribution is 2.28. The lowest BCUT2D eigenvalue weighted by Crippen LogP contribution is -2.39. The van der Waals surface area contributed by atoms with Crippen molar-refractivity contribution in [2.24, 2.45) is 5.41 Å². The number of carbonyl (C=O) groups is 2. The van der Waals surface area contributed by atoms with E-state index < -0.39 is 27.2 Å². The van der Waals surface area contributed by atoms with E-state index in [-0.39, 0.29) is 25.4 Å². The van der Waals surface area contributed by atoms with Crippen LogP contribution in [-0.4, -0.2) is 39.3 Å². The Morgan fingerprint density at radius 2 is 1.44 bits per heavy atom. The molecule has 6 nitrogen and oxygen atoms in total. The van der Waals surface area contributed by atoms with E-state index >= 15 is 0 Å². The van der Waals surface area contributed by atoms with Crippen LogP contribution in [-0.2, 0) is 28.9 Å². The molecule has 0 aromatic heterocycles. The van der Waals surface area contributed by atoms with Gasteiger partial charge in [-0.3, -0.25) is 9.59 Å². The molecular weight excluding hydrogens is 368 g/mol. The standard InChI is InChI=1S/C20H30O6S/c1-5-25-18(21)20(4,19(22)26-6-2)14-8-7-9-15-27(23,24)17-12-10-16(3)11-13-17/h10-13H,5-9,14-15H2,1-4H3. The van der Waals surface area contributed by atoms with Gasteiger partial charge in [-0.05, 0) is 52.7 Å². The third-order valence-corrected chi connectivity index (χ3v) is 6.24. The topological polar surface area (TPSA) is 86.7 Å². The van der Waals surface area contributed by atoms with E-state index in [0.29, 0.717) is 24.2 Å². The minimum atomic E-state index is -3.33. The van der Waals surface area contributed by atoms with Crippen LogP contribution >= 0.6 is 0 Å². The Morgan fingerprint density at radius 1 is 0.926 bits per heavy atom. The molecule has 0 N–H and O–H groups in total. The highest BCUT2D eigenvalue weighted by molar-refractivity contribution is 7.91. The summed E-state index contributed by atoms with van der Waals surface area (Å²) in [4.78, 5) is 24.7. The van der Waals surface area contributed by atoms with E-state index in [0.717, 1.165) is 5.56 Å². The Kier molecular flexibility index (Phi) is 8.96. The Bertz CT molecular complexity index is 703. The molecule has 0 bridgehead atoms. The summed E-state index contributed by atoms with van der Waals surface area (Å²) in [5.74, 6) is -1.17. The zero-order valence-corrected chi connectivity index (χ0v) is 17.4. The maximum absolute atomic E-state index is 12.3. The van der Waals surface area contributed by atoms with Crippen molar-refractivity contribution in [3.8, 4) is 0 Å². The quantitative estimate of drug-likeness (QED) is 0.322. The summed E-state index contributed by atoms with van der Waals surface area (Å²) in [7, 11) is -3.33. The lowest BCUT2D eigenvalue weighted by molar-refractivity contribution is -0.171. The fourth-order valence-corrected chi connectivity index (χ4v) is 4.05. The van der Waals surface area contributed by atoms with Crippen LogP contribution in [0.15, 0.2) is 29.2 Å². The Morgan fingerprint density at radius 3 is 1.93 bits per heavy atom. The molecule has 0 atom stereocenters. The SMILES string of the molecule is CCOC(=O)C(C)(CCCCCS(=O)(=O)c1ccc(C)cc1)C(=O)OCC. The molecule has 1 aromatic rings. The van der Waals surface area contributed by atoms with Crippen molar-refractivity contribution in [2.75, 3.05) is 19.0 Å². The monoisotopic (exact) mass is 398 g/mol. The first-order chi connectivity index (χ1) is 12.7. The number of benzene rings is 1. The molecule has 0 aliphatic rings. The molecule has 0 unspecified atom stereocenters. The van der Waals surface area contributed by atoms with Crippen LogP contribution in [0.1, 0.15) is 52.0 Å². The molecule has 0 aliphatic carbocycles. The van der Waals surface area contributed by atoms with Crippen LogP contribution in [0.4, 0.5) is 0 Å². The summed E-state index contributed by atoms with van der Waals surface area (Å²) in [5.41, 5.74) is -0.354. The molecule has 0 saturated carbocycles. The average Bonchev–Trinajstić information content (AvgIpc) is 2.61. The Labute approximate surface area is 162 Å². The number of sulfone groups is 1. The zero-order valence-electron chi connectivity index (χ0n) is 16.6. The molecule has 0 spiro atoms. The molecule has 0 fully saturated rings. The zero-order chi connectivity index (χ0) is 20.5. The van der Waals surface area contributed by atoms with Crippen LogP contribution in [0.3, 0.4) is 0 Å². The van der Waals surface area contributed by atoms with Crippen molar-refractivity contribution in [1.82, 2.24) is 0 Å². The van der Waals surface area contributed by atoms with Gasteiger partial charge in [0.2, 0.25) is 0 Å². The molecule has 0 aliphatic heterocycles. The lowest BCUT2D eigenvalue weighted by atomic mass is 9.84. The van der Waals surface area contributed by atoms with Gasteiger partial charge in [-0.15, -0.1) is 0 Å². The van der Waals surface area contributed by atoms with Gasteiger partial charge in [0.1, 0.15) is 0 Å². The number of ether oxygens (including phenoxy) is 2. The first kappa shape index (κ1) is 23.1. The van der Waals surface area contributed by atoms with E-state index in [4.69, 9.17) is 9.47 Å². The summed E-state index contributed by atoms with van der Waals surface area (Å²) in [6.45, 7) is 7.15. The van der Waals surface area contributed by atoms with Crippen molar-refractivity contribution < 1.29 is 27.5 Å². The highest BCUT2D eigenvalue weighted by Gasteiger charge is 2.43. The van der Waals surface area contributed by atoms with E-state index in [1.54, 1.807) is 38.1 Å². The molecule has 0 amide bonds. The molecule has 1 rings (SSSR count). The first-order valence-corrected chi connectivity index (χ1v) is 11.0. The van der Waals surface area contributed by atoms with Gasteiger partial charge in [0.25, 0.3) is 0 Å². The van der Waals surface area contributed by atoms with Gasteiger partial charge in [-0.25, -0.2) is 8.42 Å². The summed E-state index contributed by atoms with van der Waals surface area (Å²) >= 11 is 0. The largest absolute Gasteiger partial charge is 0.465 e. The van der Waals surface area contributed by atoms with Gasteiger partial charge in [0.15, 0.2) is 15.3 Å². The number of aryl methyl sites for hydroxylation is 1. The number of unbranched alkanes of at least 4 members (excludes halogenated alkanes) is 2.